The largest absolute Gasteiger partial charge is 0.478 e. The normalized spacial score (nSPS) is 11.4. The lowest BCUT2D eigenvalue weighted by Gasteiger charge is -2.25. The first-order chi connectivity index (χ1) is 15.5. The van der Waals surface area contributed by atoms with E-state index in [9.17, 15) is 14.7 Å². The van der Waals surface area contributed by atoms with Crippen LogP contribution < -0.4 is 0 Å². The maximum Gasteiger partial charge on any atom is 0.339 e. The monoisotopic (exact) mass is 490 g/mol. The van der Waals surface area contributed by atoms with Gasteiger partial charge in [-0.25, -0.2) is 9.59 Å². The number of carbonyl (C=O) groups excluding carboxylic acids is 1. The molecule has 0 amide bonds. The lowest BCUT2D eigenvalue weighted by Crippen LogP contribution is -2.20. The Labute approximate surface area is 200 Å². The molecule has 2 aromatic carbocycles. The Morgan fingerprint density at radius 1 is 0.939 bits per heavy atom. The molecule has 9 heteroatoms. The van der Waals surface area contributed by atoms with Crippen LogP contribution in [0.3, 0.4) is 0 Å². The van der Waals surface area contributed by atoms with Gasteiger partial charge >= 0.3 is 11.9 Å². The minimum absolute atomic E-state index is 0.0869. The zero-order valence-corrected chi connectivity index (χ0v) is 20.3. The van der Waals surface area contributed by atoms with Gasteiger partial charge in [0.1, 0.15) is 0 Å². The van der Waals surface area contributed by atoms with Crippen molar-refractivity contribution in [1.82, 2.24) is 9.97 Å². The lowest BCUT2D eigenvalue weighted by molar-refractivity contribution is 0.0203. The number of ether oxygens (including phenoxy) is 2. The third-order valence-corrected chi connectivity index (χ3v) is 6.36. The molecule has 7 nitrogen and oxygen atoms in total. The summed E-state index contributed by atoms with van der Waals surface area (Å²) >= 11 is 12.2. The number of benzene rings is 2. The summed E-state index contributed by atoms with van der Waals surface area (Å²) in [5.74, 6) is -1.46. The van der Waals surface area contributed by atoms with Gasteiger partial charge in [-0.2, -0.15) is 0 Å². The van der Waals surface area contributed by atoms with Crippen molar-refractivity contribution in [3.8, 4) is 0 Å². The Morgan fingerprint density at radius 3 is 2.03 bits per heavy atom. The number of aryl methyl sites for hydroxylation is 1. The van der Waals surface area contributed by atoms with Crippen molar-refractivity contribution in [1.29, 1.82) is 0 Å². The van der Waals surface area contributed by atoms with Crippen molar-refractivity contribution < 1.29 is 24.2 Å². The predicted octanol–water partition coefficient (Wildman–Crippen LogP) is 6.32. The zero-order valence-electron chi connectivity index (χ0n) is 18.8. The predicted molar refractivity (Wildman–Crippen MR) is 130 cm³/mol. The van der Waals surface area contributed by atoms with E-state index in [0.717, 1.165) is 27.5 Å². The van der Waals surface area contributed by atoms with Crippen LogP contribution >= 0.6 is 23.2 Å². The first kappa shape index (κ1) is 24.6. The maximum atomic E-state index is 11.4. The SMILES string of the molecule is COC(=O)c1cc(C)c2[nH]ccc2c1Cl.COC(C)(C)c1cc(C(=O)O)c(Cl)c2cc[nH]c12. The smallest absolute Gasteiger partial charge is 0.339 e. The summed E-state index contributed by atoms with van der Waals surface area (Å²) in [5.41, 5.74) is 3.39. The zero-order chi connectivity index (χ0) is 24.5. The number of aromatic amines is 2. The lowest BCUT2D eigenvalue weighted by atomic mass is 9.93. The molecule has 0 saturated carbocycles. The van der Waals surface area contributed by atoms with E-state index in [1.54, 1.807) is 37.7 Å². The number of esters is 1. The van der Waals surface area contributed by atoms with Crippen LogP contribution in [-0.4, -0.2) is 41.2 Å². The number of H-pyrrole nitrogens is 2. The molecule has 0 bridgehead atoms. The fourth-order valence-corrected chi connectivity index (χ4v) is 4.16. The number of methoxy groups -OCH3 is 2. The van der Waals surface area contributed by atoms with E-state index in [2.05, 4.69) is 14.7 Å². The highest BCUT2D eigenvalue weighted by Crippen LogP contribution is 2.36. The summed E-state index contributed by atoms with van der Waals surface area (Å²) < 4.78 is 10.1. The van der Waals surface area contributed by atoms with Gasteiger partial charge in [0.25, 0.3) is 0 Å². The average Bonchev–Trinajstić information content (AvgIpc) is 3.46. The summed E-state index contributed by atoms with van der Waals surface area (Å²) in [6, 6.07) is 6.90. The number of carboxylic acid groups (broad SMARTS) is 1. The molecule has 0 aliphatic rings. The van der Waals surface area contributed by atoms with Gasteiger partial charge in [-0.1, -0.05) is 23.2 Å². The Kier molecular flexibility index (Phi) is 7.07. The standard InChI is InChI=1S/C13H14ClNO3.C11H10ClNO2/c1-13(2,18-3)9-6-8(12(16)17)10(14)7-4-5-15-11(7)9;1-6-5-8(11(14)15-2)9(12)7-3-4-13-10(6)7/h4-6,15H,1-3H3,(H,16,17);3-5,13H,1-2H3. The molecule has 2 aromatic heterocycles. The Hall–Kier alpha value is -3.00. The van der Waals surface area contributed by atoms with Gasteiger partial charge in [-0.15, -0.1) is 0 Å². The Bertz CT molecular complexity index is 1350. The maximum absolute atomic E-state index is 11.4. The second-order valence-electron chi connectivity index (χ2n) is 7.88. The quantitative estimate of drug-likeness (QED) is 0.290. The highest BCUT2D eigenvalue weighted by atomic mass is 35.5. The van der Waals surface area contributed by atoms with E-state index >= 15 is 0 Å². The second kappa shape index (κ2) is 9.47. The summed E-state index contributed by atoms with van der Waals surface area (Å²) in [7, 11) is 2.93. The van der Waals surface area contributed by atoms with Gasteiger partial charge in [0.05, 0.1) is 39.4 Å². The molecule has 0 saturated heterocycles. The van der Waals surface area contributed by atoms with E-state index < -0.39 is 17.5 Å². The van der Waals surface area contributed by atoms with Crippen LogP contribution in [0.25, 0.3) is 21.8 Å². The van der Waals surface area contributed by atoms with Crippen LogP contribution in [0.5, 0.6) is 0 Å². The molecule has 33 heavy (non-hydrogen) atoms. The van der Waals surface area contributed by atoms with Crippen LogP contribution in [0.1, 0.15) is 45.7 Å². The number of nitrogens with one attached hydrogen (secondary N) is 2. The molecule has 0 aliphatic carbocycles. The van der Waals surface area contributed by atoms with Gasteiger partial charge in [-0.3, -0.25) is 0 Å². The molecule has 0 spiro atoms. The fourth-order valence-electron chi connectivity index (χ4n) is 3.57. The molecule has 4 aromatic rings. The van der Waals surface area contributed by atoms with Crippen molar-refractivity contribution in [3.05, 3.63) is 69.0 Å². The van der Waals surface area contributed by atoms with Crippen LogP contribution in [0, 0.1) is 6.92 Å². The number of aromatic carboxylic acids is 1. The molecular weight excluding hydrogens is 467 g/mol. The van der Waals surface area contributed by atoms with Crippen molar-refractivity contribution >= 4 is 56.9 Å². The summed E-state index contributed by atoms with van der Waals surface area (Å²) in [5, 5.41) is 11.4. The summed E-state index contributed by atoms with van der Waals surface area (Å²) in [6.45, 7) is 5.67. The topological polar surface area (TPSA) is 104 Å². The van der Waals surface area contributed by atoms with Crippen LogP contribution in [0.2, 0.25) is 10.0 Å². The number of fused-ring (bicyclic) bond motifs is 2. The van der Waals surface area contributed by atoms with Gasteiger partial charge in [0, 0.05) is 41.4 Å². The van der Waals surface area contributed by atoms with E-state index in [1.165, 1.54) is 7.11 Å². The van der Waals surface area contributed by atoms with Crippen molar-refractivity contribution in [3.63, 3.8) is 0 Å². The van der Waals surface area contributed by atoms with Gasteiger partial charge < -0.3 is 24.5 Å². The van der Waals surface area contributed by atoms with Gasteiger partial charge in [-0.05, 0) is 50.6 Å². The van der Waals surface area contributed by atoms with Crippen molar-refractivity contribution in [2.75, 3.05) is 14.2 Å². The third kappa shape index (κ3) is 4.57. The molecule has 0 aliphatic heterocycles. The van der Waals surface area contributed by atoms with Crippen LogP contribution in [-0.2, 0) is 15.1 Å². The number of hydrogen-bond donors (Lipinski definition) is 3. The number of carboxylic acids is 1. The molecule has 0 radical (unpaired) electrons. The van der Waals surface area contributed by atoms with Crippen molar-refractivity contribution in [2.24, 2.45) is 0 Å². The highest BCUT2D eigenvalue weighted by molar-refractivity contribution is 6.39. The van der Waals surface area contributed by atoms with Crippen LogP contribution in [0.4, 0.5) is 0 Å². The first-order valence-electron chi connectivity index (χ1n) is 9.96. The number of hydrogen-bond acceptors (Lipinski definition) is 4. The van der Waals surface area contributed by atoms with E-state index in [-0.39, 0.29) is 10.6 Å². The molecule has 3 N–H and O–H groups in total. The molecule has 0 unspecified atom stereocenters. The number of halogens is 2. The molecular formula is C24H24Cl2N2O5. The minimum Gasteiger partial charge on any atom is -0.478 e. The van der Waals surface area contributed by atoms with E-state index in [4.69, 9.17) is 27.9 Å². The molecule has 174 valence electrons. The average molecular weight is 491 g/mol. The van der Waals surface area contributed by atoms with E-state index in [1.807, 2.05) is 26.8 Å². The Balaban J connectivity index is 0.000000189. The Morgan fingerprint density at radius 2 is 1.48 bits per heavy atom. The molecule has 2 heterocycles. The second-order valence-corrected chi connectivity index (χ2v) is 8.64. The number of carbonyl (C=O) groups is 2. The molecule has 4 rings (SSSR count). The number of aromatic nitrogens is 2. The first-order valence-corrected chi connectivity index (χ1v) is 10.7. The minimum atomic E-state index is -1.05. The summed E-state index contributed by atoms with van der Waals surface area (Å²) in [6.07, 6.45) is 3.53. The fraction of sp³-hybridized carbons (Fsp3) is 0.250. The molecule has 0 fully saturated rings. The summed E-state index contributed by atoms with van der Waals surface area (Å²) in [4.78, 5) is 28.8. The van der Waals surface area contributed by atoms with Crippen LogP contribution in [0.15, 0.2) is 36.7 Å². The van der Waals surface area contributed by atoms with Gasteiger partial charge in [0.2, 0.25) is 0 Å². The number of rotatable bonds is 4. The third-order valence-electron chi connectivity index (χ3n) is 5.55. The van der Waals surface area contributed by atoms with Gasteiger partial charge in [0.15, 0.2) is 0 Å². The highest BCUT2D eigenvalue weighted by Gasteiger charge is 2.26. The van der Waals surface area contributed by atoms with E-state index in [0.29, 0.717) is 16.0 Å². The molecule has 0 atom stereocenters. The van der Waals surface area contributed by atoms with Crippen molar-refractivity contribution in [2.45, 2.75) is 26.4 Å².